The number of ether oxygens (including phenoxy) is 1. The summed E-state index contributed by atoms with van der Waals surface area (Å²) in [4.78, 5) is 22.2. The number of hydrogen-bond donors (Lipinski definition) is 4. The molecule has 4 N–H and O–H groups in total. The van der Waals surface area contributed by atoms with E-state index >= 15 is 0 Å². The molecule has 0 saturated carbocycles. The van der Waals surface area contributed by atoms with E-state index in [2.05, 4.69) is 10.6 Å². The van der Waals surface area contributed by atoms with E-state index in [-0.39, 0.29) is 6.54 Å². The Morgan fingerprint density at radius 1 is 1.38 bits per heavy atom. The molecule has 0 aliphatic heterocycles. The van der Waals surface area contributed by atoms with Gasteiger partial charge in [0.2, 0.25) is 0 Å². The Morgan fingerprint density at radius 3 is 2.71 bits per heavy atom. The molecule has 7 nitrogen and oxygen atoms in total. The molecule has 2 amide bonds. The van der Waals surface area contributed by atoms with Gasteiger partial charge in [0.25, 0.3) is 0 Å². The standard InChI is InChI=1S/C14H20N2O5/c1-3-21-11-6-4-5-10(7-11)16-13(19)15-9-14(2,20)8-12(17)18/h4-7,20H,3,8-9H2,1-2H3,(H,17,18)(H2,15,16,19). The van der Waals surface area contributed by atoms with Gasteiger partial charge in [0.05, 0.1) is 18.6 Å². The van der Waals surface area contributed by atoms with Crippen molar-refractivity contribution >= 4 is 17.7 Å². The SMILES string of the molecule is CCOc1cccc(NC(=O)NCC(C)(O)CC(=O)O)c1. The molecule has 0 aliphatic carbocycles. The molecule has 1 rings (SSSR count). The first-order valence-electron chi connectivity index (χ1n) is 6.54. The molecular weight excluding hydrogens is 276 g/mol. The van der Waals surface area contributed by atoms with Crippen molar-refractivity contribution in [2.45, 2.75) is 25.9 Å². The second-order valence-electron chi connectivity index (χ2n) is 4.84. The highest BCUT2D eigenvalue weighted by atomic mass is 16.5. The molecule has 0 radical (unpaired) electrons. The number of carboxylic acids is 1. The summed E-state index contributed by atoms with van der Waals surface area (Å²) < 4.78 is 5.31. The highest BCUT2D eigenvalue weighted by Gasteiger charge is 2.24. The maximum atomic E-state index is 11.7. The van der Waals surface area contributed by atoms with Gasteiger partial charge in [-0.05, 0) is 26.0 Å². The molecule has 116 valence electrons. The molecule has 7 heteroatoms. The summed E-state index contributed by atoms with van der Waals surface area (Å²) >= 11 is 0. The summed E-state index contributed by atoms with van der Waals surface area (Å²) in [7, 11) is 0. The zero-order valence-electron chi connectivity index (χ0n) is 12.0. The smallest absolute Gasteiger partial charge is 0.319 e. The molecule has 1 atom stereocenters. The van der Waals surface area contributed by atoms with Gasteiger partial charge < -0.3 is 25.6 Å². The average Bonchev–Trinajstić information content (AvgIpc) is 2.36. The predicted molar refractivity (Wildman–Crippen MR) is 77.5 cm³/mol. The molecule has 1 aromatic carbocycles. The number of aliphatic carboxylic acids is 1. The quantitative estimate of drug-likeness (QED) is 0.609. The minimum atomic E-state index is -1.50. The van der Waals surface area contributed by atoms with E-state index in [0.717, 1.165) is 0 Å². The first kappa shape index (κ1) is 16.8. The lowest BCUT2D eigenvalue weighted by molar-refractivity contribution is -0.141. The maximum Gasteiger partial charge on any atom is 0.319 e. The molecule has 21 heavy (non-hydrogen) atoms. The summed E-state index contributed by atoms with van der Waals surface area (Å²) in [5, 5.41) is 23.4. The van der Waals surface area contributed by atoms with E-state index in [4.69, 9.17) is 9.84 Å². The van der Waals surface area contributed by atoms with Gasteiger partial charge in [0, 0.05) is 18.3 Å². The van der Waals surface area contributed by atoms with E-state index in [1.54, 1.807) is 24.3 Å². The molecule has 0 spiro atoms. The number of amides is 2. The minimum Gasteiger partial charge on any atom is -0.494 e. The monoisotopic (exact) mass is 296 g/mol. The van der Waals surface area contributed by atoms with Crippen LogP contribution < -0.4 is 15.4 Å². The van der Waals surface area contributed by atoms with Crippen LogP contribution in [0.2, 0.25) is 0 Å². The Balaban J connectivity index is 2.50. The van der Waals surface area contributed by atoms with Crippen molar-refractivity contribution in [3.63, 3.8) is 0 Å². The summed E-state index contributed by atoms with van der Waals surface area (Å²) in [6.45, 7) is 3.55. The van der Waals surface area contributed by atoms with Crippen molar-refractivity contribution in [3.8, 4) is 5.75 Å². The van der Waals surface area contributed by atoms with Crippen LogP contribution in [0.15, 0.2) is 24.3 Å². The highest BCUT2D eigenvalue weighted by Crippen LogP contribution is 2.17. The molecule has 0 fully saturated rings. The number of urea groups is 1. The third kappa shape index (κ3) is 6.62. The van der Waals surface area contributed by atoms with E-state index in [0.29, 0.717) is 18.0 Å². The number of nitrogens with one attached hydrogen (secondary N) is 2. The van der Waals surface area contributed by atoms with Crippen molar-refractivity contribution in [3.05, 3.63) is 24.3 Å². The van der Waals surface area contributed by atoms with Crippen LogP contribution in [0.3, 0.4) is 0 Å². The number of hydrogen-bond acceptors (Lipinski definition) is 4. The summed E-state index contributed by atoms with van der Waals surface area (Å²) in [6, 6.07) is 6.33. The Labute approximate surface area is 122 Å². The Bertz CT molecular complexity index is 502. The van der Waals surface area contributed by atoms with Crippen LogP contribution in [0.25, 0.3) is 0 Å². The molecular formula is C14H20N2O5. The van der Waals surface area contributed by atoms with Gasteiger partial charge >= 0.3 is 12.0 Å². The van der Waals surface area contributed by atoms with Crippen LogP contribution in [0.5, 0.6) is 5.75 Å². The topological polar surface area (TPSA) is 108 Å². The van der Waals surface area contributed by atoms with Crippen LogP contribution in [-0.4, -0.2) is 41.0 Å². The second-order valence-corrected chi connectivity index (χ2v) is 4.84. The van der Waals surface area contributed by atoms with Crippen LogP contribution in [0.4, 0.5) is 10.5 Å². The minimum absolute atomic E-state index is 0.170. The lowest BCUT2D eigenvalue weighted by Crippen LogP contribution is -2.43. The van der Waals surface area contributed by atoms with Crippen molar-refractivity contribution in [2.24, 2.45) is 0 Å². The van der Waals surface area contributed by atoms with Gasteiger partial charge in [-0.25, -0.2) is 4.79 Å². The number of rotatable bonds is 7. The van der Waals surface area contributed by atoms with Gasteiger partial charge in [-0.3, -0.25) is 4.79 Å². The lowest BCUT2D eigenvalue weighted by atomic mass is 10.0. The molecule has 1 unspecified atom stereocenters. The van der Waals surface area contributed by atoms with Gasteiger partial charge in [0.15, 0.2) is 0 Å². The number of anilines is 1. The van der Waals surface area contributed by atoms with E-state index in [9.17, 15) is 14.7 Å². The van der Waals surface area contributed by atoms with E-state index in [1.165, 1.54) is 6.92 Å². The number of aliphatic hydroxyl groups is 1. The van der Waals surface area contributed by atoms with Gasteiger partial charge in [0.1, 0.15) is 5.75 Å². The zero-order chi connectivity index (χ0) is 15.9. The van der Waals surface area contributed by atoms with Gasteiger partial charge in [-0.1, -0.05) is 6.07 Å². The Morgan fingerprint density at radius 2 is 2.10 bits per heavy atom. The fraction of sp³-hybridized carbons (Fsp3) is 0.429. The maximum absolute atomic E-state index is 11.7. The third-order valence-corrected chi connectivity index (χ3v) is 2.56. The van der Waals surface area contributed by atoms with Crippen molar-refractivity contribution in [2.75, 3.05) is 18.5 Å². The van der Waals surface area contributed by atoms with E-state index in [1.807, 2.05) is 6.92 Å². The lowest BCUT2D eigenvalue weighted by Gasteiger charge is -2.21. The highest BCUT2D eigenvalue weighted by molar-refractivity contribution is 5.89. The first-order chi connectivity index (χ1) is 9.82. The van der Waals surface area contributed by atoms with Crippen molar-refractivity contribution in [1.29, 1.82) is 0 Å². The molecule has 1 aromatic rings. The van der Waals surface area contributed by atoms with Crippen LogP contribution in [-0.2, 0) is 4.79 Å². The van der Waals surface area contributed by atoms with Crippen molar-refractivity contribution < 1.29 is 24.5 Å². The second kappa shape index (κ2) is 7.49. The first-order valence-corrected chi connectivity index (χ1v) is 6.54. The summed E-state index contributed by atoms with van der Waals surface area (Å²) in [6.07, 6.45) is -0.451. The number of carboxylic acid groups (broad SMARTS) is 1. The van der Waals surface area contributed by atoms with Gasteiger partial charge in [-0.2, -0.15) is 0 Å². The van der Waals surface area contributed by atoms with Crippen LogP contribution >= 0.6 is 0 Å². The molecule has 0 aromatic heterocycles. The largest absolute Gasteiger partial charge is 0.494 e. The molecule has 0 bridgehead atoms. The average molecular weight is 296 g/mol. The van der Waals surface area contributed by atoms with Crippen LogP contribution in [0, 0.1) is 0 Å². The van der Waals surface area contributed by atoms with Crippen LogP contribution in [0.1, 0.15) is 20.3 Å². The van der Waals surface area contributed by atoms with Crippen molar-refractivity contribution in [1.82, 2.24) is 5.32 Å². The number of carbonyl (C=O) groups excluding carboxylic acids is 1. The number of carbonyl (C=O) groups is 2. The number of benzene rings is 1. The predicted octanol–water partition coefficient (Wildman–Crippen LogP) is 1.43. The third-order valence-electron chi connectivity index (χ3n) is 2.56. The normalized spacial score (nSPS) is 13.1. The molecule has 0 aliphatic rings. The Hall–Kier alpha value is -2.28. The van der Waals surface area contributed by atoms with E-state index < -0.39 is 24.0 Å². The fourth-order valence-corrected chi connectivity index (χ4v) is 1.66. The molecule has 0 heterocycles. The van der Waals surface area contributed by atoms with Gasteiger partial charge in [-0.15, -0.1) is 0 Å². The fourth-order valence-electron chi connectivity index (χ4n) is 1.66. The zero-order valence-corrected chi connectivity index (χ0v) is 12.0. The Kier molecular flexibility index (Phi) is 5.98. The summed E-state index contributed by atoms with van der Waals surface area (Å²) in [5.74, 6) is -0.500. The summed E-state index contributed by atoms with van der Waals surface area (Å²) in [5.41, 5.74) is -0.965. The molecule has 0 saturated heterocycles.